The predicted molar refractivity (Wildman–Crippen MR) is 82.3 cm³/mol. The monoisotopic (exact) mass is 274 g/mol. The van der Waals surface area contributed by atoms with Gasteiger partial charge in [-0.25, -0.2) is 0 Å². The number of hydrogen-bond donors (Lipinski definition) is 0. The van der Waals surface area contributed by atoms with E-state index in [-0.39, 0.29) is 17.5 Å². The topological polar surface area (TPSA) is 34.1 Å². The third-order valence-corrected chi connectivity index (χ3v) is 4.42. The van der Waals surface area contributed by atoms with Crippen molar-refractivity contribution in [2.45, 2.75) is 13.3 Å². The fourth-order valence-corrected chi connectivity index (χ4v) is 3.26. The van der Waals surface area contributed by atoms with E-state index in [1.54, 1.807) is 6.08 Å². The molecular formula is C19H14O2. The molecule has 0 heterocycles. The van der Waals surface area contributed by atoms with E-state index < -0.39 is 0 Å². The summed E-state index contributed by atoms with van der Waals surface area (Å²) in [5, 5.41) is 2.03. The Hall–Kier alpha value is -2.48. The molecule has 2 aromatic carbocycles. The minimum absolute atomic E-state index is 0.0458. The molecule has 0 bridgehead atoms. The van der Waals surface area contributed by atoms with Crippen LogP contribution in [0.3, 0.4) is 0 Å². The lowest BCUT2D eigenvalue weighted by Gasteiger charge is -2.19. The number of rotatable bonds is 0. The van der Waals surface area contributed by atoms with Gasteiger partial charge in [-0.15, -0.1) is 0 Å². The maximum absolute atomic E-state index is 12.3. The van der Waals surface area contributed by atoms with Gasteiger partial charge in [0.25, 0.3) is 0 Å². The molecule has 4 rings (SSSR count). The number of benzene rings is 2. The molecule has 2 nitrogen and oxygen atoms in total. The van der Waals surface area contributed by atoms with Gasteiger partial charge in [0, 0.05) is 17.9 Å². The maximum atomic E-state index is 12.3. The highest BCUT2D eigenvalue weighted by Crippen LogP contribution is 2.24. The average Bonchev–Trinajstić information content (AvgIpc) is 2.49. The van der Waals surface area contributed by atoms with Gasteiger partial charge >= 0.3 is 0 Å². The Morgan fingerprint density at radius 2 is 1.67 bits per heavy atom. The number of ketones is 2. The van der Waals surface area contributed by atoms with Crippen LogP contribution in [0.2, 0.25) is 0 Å². The van der Waals surface area contributed by atoms with Gasteiger partial charge in [0.05, 0.1) is 0 Å². The summed E-state index contributed by atoms with van der Waals surface area (Å²) in [6.07, 6.45) is 4.18. The quantitative estimate of drug-likeness (QED) is 0.735. The van der Waals surface area contributed by atoms with E-state index >= 15 is 0 Å². The summed E-state index contributed by atoms with van der Waals surface area (Å²) in [5.74, 6) is 0.208. The van der Waals surface area contributed by atoms with Crippen LogP contribution < -0.4 is 10.4 Å². The summed E-state index contributed by atoms with van der Waals surface area (Å²) in [6.45, 7) is 1.92. The van der Waals surface area contributed by atoms with Crippen molar-refractivity contribution in [2.75, 3.05) is 0 Å². The van der Waals surface area contributed by atoms with Gasteiger partial charge in [-0.3, -0.25) is 9.59 Å². The largest absolute Gasteiger partial charge is 0.299 e. The molecular weight excluding hydrogens is 260 g/mol. The smallest absolute Gasteiger partial charge is 0.187 e. The molecule has 2 aliphatic carbocycles. The van der Waals surface area contributed by atoms with Crippen LogP contribution in [0.25, 0.3) is 23.3 Å². The van der Waals surface area contributed by atoms with Gasteiger partial charge in [-0.1, -0.05) is 49.4 Å². The first-order valence-corrected chi connectivity index (χ1v) is 7.17. The van der Waals surface area contributed by atoms with Crippen molar-refractivity contribution in [3.63, 3.8) is 0 Å². The third kappa shape index (κ3) is 1.72. The van der Waals surface area contributed by atoms with Crippen LogP contribution in [0.4, 0.5) is 0 Å². The fourth-order valence-electron chi connectivity index (χ4n) is 3.26. The zero-order valence-corrected chi connectivity index (χ0v) is 11.7. The van der Waals surface area contributed by atoms with Crippen LogP contribution >= 0.6 is 0 Å². The van der Waals surface area contributed by atoms with Crippen molar-refractivity contribution in [3.05, 3.63) is 58.0 Å². The second-order valence-corrected chi connectivity index (χ2v) is 5.75. The molecule has 1 unspecified atom stereocenters. The second-order valence-electron chi connectivity index (χ2n) is 5.75. The minimum atomic E-state index is -0.0790. The highest BCUT2D eigenvalue weighted by atomic mass is 16.1. The van der Waals surface area contributed by atoms with Crippen molar-refractivity contribution in [3.8, 4) is 11.1 Å². The van der Waals surface area contributed by atoms with Crippen molar-refractivity contribution < 1.29 is 9.59 Å². The van der Waals surface area contributed by atoms with Gasteiger partial charge < -0.3 is 0 Å². The van der Waals surface area contributed by atoms with Gasteiger partial charge in [0.2, 0.25) is 0 Å². The normalized spacial score (nSPS) is 19.0. The van der Waals surface area contributed by atoms with Crippen molar-refractivity contribution in [2.24, 2.45) is 5.92 Å². The highest BCUT2D eigenvalue weighted by molar-refractivity contribution is 6.22. The van der Waals surface area contributed by atoms with Gasteiger partial charge in [-0.05, 0) is 33.2 Å². The maximum Gasteiger partial charge on any atom is 0.187 e. The summed E-state index contributed by atoms with van der Waals surface area (Å²) in [4.78, 5) is 24.2. The molecule has 0 spiro atoms. The molecule has 2 heteroatoms. The molecule has 0 aromatic heterocycles. The van der Waals surface area contributed by atoms with Crippen LogP contribution in [0.1, 0.15) is 22.8 Å². The van der Waals surface area contributed by atoms with E-state index in [9.17, 15) is 9.59 Å². The Kier molecular flexibility index (Phi) is 2.49. The Balaban J connectivity index is 2.12. The number of hydrogen-bond acceptors (Lipinski definition) is 2. The first-order chi connectivity index (χ1) is 10.1. The number of fused-ring (bicyclic) bond motifs is 5. The lowest BCUT2D eigenvalue weighted by Crippen LogP contribution is -2.38. The highest BCUT2D eigenvalue weighted by Gasteiger charge is 2.22. The van der Waals surface area contributed by atoms with E-state index in [1.807, 2.05) is 49.4 Å². The SMILES string of the molecule is CC1C=c2c(ccc3c2=CC(=O)c2ccccc2-3)CC1=O. The van der Waals surface area contributed by atoms with E-state index in [2.05, 4.69) is 0 Å². The Labute approximate surface area is 122 Å². The van der Waals surface area contributed by atoms with Crippen molar-refractivity contribution in [1.82, 2.24) is 0 Å². The number of Topliss-reactive ketones (excluding diaryl/α,β-unsaturated/α-hetero) is 2. The molecule has 0 fully saturated rings. The molecule has 0 radical (unpaired) electrons. The molecule has 2 aromatic rings. The molecule has 0 N–H and O–H groups in total. The molecule has 21 heavy (non-hydrogen) atoms. The Morgan fingerprint density at radius 1 is 0.905 bits per heavy atom. The minimum Gasteiger partial charge on any atom is -0.299 e. The number of carbonyl (C=O) groups is 2. The van der Waals surface area contributed by atoms with Gasteiger partial charge in [0.15, 0.2) is 5.78 Å². The van der Waals surface area contributed by atoms with Crippen LogP contribution in [0, 0.1) is 5.92 Å². The third-order valence-electron chi connectivity index (χ3n) is 4.42. The lowest BCUT2D eigenvalue weighted by atomic mass is 9.84. The summed E-state index contributed by atoms with van der Waals surface area (Å²) in [5.41, 5.74) is 3.85. The van der Waals surface area contributed by atoms with E-state index in [0.717, 1.165) is 32.7 Å². The summed E-state index contributed by atoms with van der Waals surface area (Å²) in [7, 11) is 0. The molecule has 0 aliphatic heterocycles. The van der Waals surface area contributed by atoms with Crippen LogP contribution in [0.5, 0.6) is 0 Å². The molecule has 102 valence electrons. The summed E-state index contributed by atoms with van der Waals surface area (Å²) < 4.78 is 0. The summed E-state index contributed by atoms with van der Waals surface area (Å²) in [6, 6.07) is 11.8. The zero-order valence-electron chi connectivity index (χ0n) is 11.7. The molecule has 0 amide bonds. The fraction of sp³-hybridized carbons (Fsp3) is 0.158. The first-order valence-electron chi connectivity index (χ1n) is 7.17. The summed E-state index contributed by atoms with van der Waals surface area (Å²) >= 11 is 0. The molecule has 1 atom stereocenters. The number of carbonyl (C=O) groups excluding carboxylic acids is 2. The van der Waals surface area contributed by atoms with Crippen molar-refractivity contribution >= 4 is 23.7 Å². The van der Waals surface area contributed by atoms with E-state index in [1.165, 1.54) is 0 Å². The van der Waals surface area contributed by atoms with Crippen LogP contribution in [-0.4, -0.2) is 11.6 Å². The lowest BCUT2D eigenvalue weighted by molar-refractivity contribution is -0.120. The van der Waals surface area contributed by atoms with E-state index in [0.29, 0.717) is 6.42 Å². The van der Waals surface area contributed by atoms with Gasteiger partial charge in [0.1, 0.15) is 5.78 Å². The van der Waals surface area contributed by atoms with Crippen LogP contribution in [0.15, 0.2) is 36.4 Å². The Bertz CT molecular complexity index is 919. The molecule has 0 saturated heterocycles. The van der Waals surface area contributed by atoms with Crippen LogP contribution in [-0.2, 0) is 11.2 Å². The van der Waals surface area contributed by atoms with Gasteiger partial charge in [-0.2, -0.15) is 0 Å². The zero-order chi connectivity index (χ0) is 14.6. The second kappa shape index (κ2) is 4.26. The standard InChI is InChI=1S/C19H14O2/c1-11-8-16-12(9-18(11)20)6-7-14-13-4-2-3-5-15(13)19(21)10-17(14)16/h2-8,10-11H,9H2,1H3. The van der Waals surface area contributed by atoms with Crippen molar-refractivity contribution in [1.29, 1.82) is 0 Å². The average molecular weight is 274 g/mol. The first kappa shape index (κ1) is 12.3. The Morgan fingerprint density at radius 3 is 2.48 bits per heavy atom. The van der Waals surface area contributed by atoms with E-state index in [4.69, 9.17) is 0 Å². The predicted octanol–water partition coefficient (Wildman–Crippen LogP) is 1.87. The molecule has 2 aliphatic rings. The molecule has 0 saturated carbocycles.